The SMILES string of the molecule is CCC(C)(NC(=O)C1CCN(C(=O)N(C)C)CC1)C(=O)O. The van der Waals surface area contributed by atoms with Gasteiger partial charge in [0.25, 0.3) is 0 Å². The van der Waals surface area contributed by atoms with E-state index in [1.165, 1.54) is 11.8 Å². The minimum Gasteiger partial charge on any atom is -0.480 e. The van der Waals surface area contributed by atoms with Crippen LogP contribution >= 0.6 is 0 Å². The first-order valence-electron chi connectivity index (χ1n) is 7.23. The van der Waals surface area contributed by atoms with E-state index in [2.05, 4.69) is 5.32 Å². The zero-order valence-corrected chi connectivity index (χ0v) is 13.2. The Bertz CT molecular complexity index is 416. The van der Waals surface area contributed by atoms with Crippen LogP contribution in [-0.2, 0) is 9.59 Å². The number of carboxylic acids is 1. The molecule has 1 aliphatic rings. The third kappa shape index (κ3) is 4.09. The van der Waals surface area contributed by atoms with Crippen molar-refractivity contribution in [3.05, 3.63) is 0 Å². The van der Waals surface area contributed by atoms with Crippen LogP contribution in [0.15, 0.2) is 0 Å². The molecule has 0 aromatic rings. The Kier molecular flexibility index (Phi) is 5.57. The first-order chi connectivity index (χ1) is 9.71. The number of aliphatic carboxylic acids is 1. The smallest absolute Gasteiger partial charge is 0.329 e. The lowest BCUT2D eigenvalue weighted by atomic mass is 9.92. The van der Waals surface area contributed by atoms with Gasteiger partial charge in [-0.25, -0.2) is 9.59 Å². The number of likely N-dealkylation sites (tertiary alicyclic amines) is 1. The van der Waals surface area contributed by atoms with Gasteiger partial charge < -0.3 is 20.2 Å². The molecule has 1 unspecified atom stereocenters. The van der Waals surface area contributed by atoms with Crippen LogP contribution < -0.4 is 5.32 Å². The monoisotopic (exact) mass is 299 g/mol. The molecule has 1 atom stereocenters. The third-order valence-electron chi connectivity index (χ3n) is 4.10. The van der Waals surface area contributed by atoms with E-state index >= 15 is 0 Å². The number of piperidine rings is 1. The molecule has 0 saturated carbocycles. The number of hydrogen-bond donors (Lipinski definition) is 2. The highest BCUT2D eigenvalue weighted by Gasteiger charge is 2.36. The fraction of sp³-hybridized carbons (Fsp3) is 0.786. The quantitative estimate of drug-likeness (QED) is 0.801. The van der Waals surface area contributed by atoms with Crippen LogP contribution in [0.5, 0.6) is 0 Å². The summed E-state index contributed by atoms with van der Waals surface area (Å²) in [4.78, 5) is 38.4. The third-order valence-corrected chi connectivity index (χ3v) is 4.10. The largest absolute Gasteiger partial charge is 0.480 e. The van der Waals surface area contributed by atoms with Crippen molar-refractivity contribution in [2.75, 3.05) is 27.2 Å². The number of carbonyl (C=O) groups excluding carboxylic acids is 2. The Morgan fingerprint density at radius 2 is 1.81 bits per heavy atom. The van der Waals surface area contributed by atoms with Gasteiger partial charge in [-0.05, 0) is 26.2 Å². The second-order valence-electron chi connectivity index (χ2n) is 5.92. The lowest BCUT2D eigenvalue weighted by molar-refractivity contribution is -0.148. The molecule has 0 aliphatic carbocycles. The van der Waals surface area contributed by atoms with Gasteiger partial charge in [-0.15, -0.1) is 0 Å². The van der Waals surface area contributed by atoms with E-state index in [-0.39, 0.29) is 17.9 Å². The number of carboxylic acid groups (broad SMARTS) is 1. The Balaban J connectivity index is 2.56. The van der Waals surface area contributed by atoms with E-state index in [1.807, 2.05) is 0 Å². The maximum absolute atomic E-state index is 12.2. The average molecular weight is 299 g/mol. The minimum absolute atomic E-state index is 0.0576. The van der Waals surface area contributed by atoms with Gasteiger partial charge in [0, 0.05) is 33.1 Å². The molecule has 1 fully saturated rings. The van der Waals surface area contributed by atoms with E-state index in [1.54, 1.807) is 25.9 Å². The van der Waals surface area contributed by atoms with Crippen LogP contribution in [-0.4, -0.2) is 65.5 Å². The van der Waals surface area contributed by atoms with Gasteiger partial charge in [0.1, 0.15) is 5.54 Å². The molecule has 3 amide bonds. The van der Waals surface area contributed by atoms with Crippen molar-refractivity contribution in [2.24, 2.45) is 5.92 Å². The van der Waals surface area contributed by atoms with Crippen molar-refractivity contribution in [3.8, 4) is 0 Å². The zero-order chi connectivity index (χ0) is 16.2. The van der Waals surface area contributed by atoms with Crippen LogP contribution in [0.1, 0.15) is 33.1 Å². The number of amides is 3. The molecule has 1 aliphatic heterocycles. The van der Waals surface area contributed by atoms with Gasteiger partial charge in [0.15, 0.2) is 0 Å². The highest BCUT2D eigenvalue weighted by atomic mass is 16.4. The molecule has 2 N–H and O–H groups in total. The molecule has 120 valence electrons. The lowest BCUT2D eigenvalue weighted by Crippen LogP contribution is -2.55. The summed E-state index contributed by atoms with van der Waals surface area (Å²) in [5.41, 5.74) is -1.23. The van der Waals surface area contributed by atoms with Gasteiger partial charge in [0.2, 0.25) is 5.91 Å². The summed E-state index contributed by atoms with van der Waals surface area (Å²) in [5.74, 6) is -1.50. The highest BCUT2D eigenvalue weighted by Crippen LogP contribution is 2.20. The Morgan fingerprint density at radius 3 is 2.19 bits per heavy atom. The van der Waals surface area contributed by atoms with Crippen molar-refractivity contribution >= 4 is 17.9 Å². The number of carbonyl (C=O) groups is 3. The topological polar surface area (TPSA) is 90.0 Å². The molecule has 0 aromatic heterocycles. The summed E-state index contributed by atoms with van der Waals surface area (Å²) in [6.07, 6.45) is 1.45. The molecule has 1 heterocycles. The van der Waals surface area contributed by atoms with Crippen molar-refractivity contribution in [1.29, 1.82) is 0 Å². The maximum atomic E-state index is 12.2. The van der Waals surface area contributed by atoms with Gasteiger partial charge >= 0.3 is 12.0 Å². The van der Waals surface area contributed by atoms with Gasteiger partial charge in [-0.1, -0.05) is 6.92 Å². The second kappa shape index (κ2) is 6.78. The molecule has 0 radical (unpaired) electrons. The molecule has 7 heteroatoms. The molecule has 1 saturated heterocycles. The number of nitrogens with zero attached hydrogens (tertiary/aromatic N) is 2. The first-order valence-corrected chi connectivity index (χ1v) is 7.23. The number of urea groups is 1. The normalized spacial score (nSPS) is 18.8. The van der Waals surface area contributed by atoms with Crippen molar-refractivity contribution in [2.45, 2.75) is 38.6 Å². The van der Waals surface area contributed by atoms with Crippen LogP contribution in [0, 0.1) is 5.92 Å². The second-order valence-corrected chi connectivity index (χ2v) is 5.92. The molecular weight excluding hydrogens is 274 g/mol. The van der Waals surface area contributed by atoms with E-state index in [0.717, 1.165) is 0 Å². The predicted octanol–water partition coefficient (Wildman–Crippen LogP) is 0.750. The fourth-order valence-electron chi connectivity index (χ4n) is 2.28. The van der Waals surface area contributed by atoms with Crippen LogP contribution in [0.2, 0.25) is 0 Å². The first kappa shape index (κ1) is 17.3. The Morgan fingerprint density at radius 1 is 1.29 bits per heavy atom. The maximum Gasteiger partial charge on any atom is 0.329 e. The van der Waals surface area contributed by atoms with Crippen molar-refractivity contribution in [3.63, 3.8) is 0 Å². The van der Waals surface area contributed by atoms with E-state index in [0.29, 0.717) is 32.4 Å². The molecule has 1 rings (SSSR count). The van der Waals surface area contributed by atoms with Crippen molar-refractivity contribution < 1.29 is 19.5 Å². The molecule has 21 heavy (non-hydrogen) atoms. The summed E-state index contributed by atoms with van der Waals surface area (Å²) in [6, 6.07) is -0.0576. The summed E-state index contributed by atoms with van der Waals surface area (Å²) in [7, 11) is 3.39. The van der Waals surface area contributed by atoms with Crippen LogP contribution in [0.4, 0.5) is 4.79 Å². The standard InChI is InChI=1S/C14H25N3O4/c1-5-14(2,12(19)20)15-11(18)10-6-8-17(9-7-10)13(21)16(3)4/h10H,5-9H2,1-4H3,(H,15,18)(H,19,20). The van der Waals surface area contributed by atoms with E-state index in [4.69, 9.17) is 0 Å². The Hall–Kier alpha value is -1.79. The molecule has 0 bridgehead atoms. The summed E-state index contributed by atoms with van der Waals surface area (Å²) in [5, 5.41) is 11.8. The summed E-state index contributed by atoms with van der Waals surface area (Å²) >= 11 is 0. The predicted molar refractivity (Wildman–Crippen MR) is 77.9 cm³/mol. The minimum atomic E-state index is -1.23. The lowest BCUT2D eigenvalue weighted by Gasteiger charge is -2.34. The summed E-state index contributed by atoms with van der Waals surface area (Å²) in [6.45, 7) is 4.28. The molecule has 7 nitrogen and oxygen atoms in total. The van der Waals surface area contributed by atoms with Gasteiger partial charge in [0.05, 0.1) is 0 Å². The zero-order valence-electron chi connectivity index (χ0n) is 13.2. The number of nitrogens with one attached hydrogen (secondary N) is 1. The molecular formula is C14H25N3O4. The fourth-order valence-corrected chi connectivity index (χ4v) is 2.28. The highest BCUT2D eigenvalue weighted by molar-refractivity contribution is 5.87. The number of rotatable bonds is 4. The summed E-state index contributed by atoms with van der Waals surface area (Å²) < 4.78 is 0. The van der Waals surface area contributed by atoms with E-state index < -0.39 is 11.5 Å². The van der Waals surface area contributed by atoms with Gasteiger partial charge in [-0.3, -0.25) is 4.79 Å². The van der Waals surface area contributed by atoms with Crippen molar-refractivity contribution in [1.82, 2.24) is 15.1 Å². The van der Waals surface area contributed by atoms with Crippen LogP contribution in [0.25, 0.3) is 0 Å². The molecule has 0 aromatic carbocycles. The van der Waals surface area contributed by atoms with E-state index in [9.17, 15) is 19.5 Å². The molecule has 0 spiro atoms. The number of hydrogen-bond acceptors (Lipinski definition) is 3. The van der Waals surface area contributed by atoms with Crippen LogP contribution in [0.3, 0.4) is 0 Å². The van der Waals surface area contributed by atoms with Gasteiger partial charge in [-0.2, -0.15) is 0 Å². The average Bonchev–Trinajstić information content (AvgIpc) is 2.46. The Labute approximate surface area is 125 Å².